The third-order valence-corrected chi connectivity index (χ3v) is 3.41. The molecule has 0 amide bonds. The molecule has 0 saturated heterocycles. The van der Waals surface area contributed by atoms with E-state index in [0.717, 1.165) is 23.1 Å². The van der Waals surface area contributed by atoms with Crippen molar-refractivity contribution < 1.29 is 4.74 Å². The van der Waals surface area contributed by atoms with Crippen LogP contribution in [0.2, 0.25) is 0 Å². The monoisotopic (exact) mass is 298 g/mol. The Balaban J connectivity index is 1.83. The fourth-order valence-electron chi connectivity index (χ4n) is 1.85. The molecule has 1 aromatic carbocycles. The maximum Gasteiger partial charge on any atom is 0.139 e. The van der Waals surface area contributed by atoms with Gasteiger partial charge in [0.25, 0.3) is 0 Å². The summed E-state index contributed by atoms with van der Waals surface area (Å²) in [5.74, 6) is 12.3. The first-order valence-corrected chi connectivity index (χ1v) is 6.19. The van der Waals surface area contributed by atoms with Crippen molar-refractivity contribution in [3.05, 3.63) is 28.7 Å². The van der Waals surface area contributed by atoms with Crippen LogP contribution in [0.1, 0.15) is 12.8 Å². The molecule has 0 aliphatic heterocycles. The molecule has 2 rings (SSSR count). The van der Waals surface area contributed by atoms with E-state index in [4.69, 9.17) is 16.4 Å². The molecular weight excluding hydrogens is 284 g/mol. The number of benzene rings is 1. The lowest BCUT2D eigenvalue weighted by Gasteiger charge is -2.35. The number of nitrogens with one attached hydrogen (secondary N) is 1. The van der Waals surface area contributed by atoms with E-state index in [2.05, 4.69) is 26.5 Å². The average Bonchev–Trinajstić information content (AvgIpc) is 2.29. The Labute approximate surface area is 108 Å². The van der Waals surface area contributed by atoms with Crippen molar-refractivity contribution in [3.63, 3.8) is 0 Å². The van der Waals surface area contributed by atoms with Crippen LogP contribution in [0.25, 0.3) is 0 Å². The smallest absolute Gasteiger partial charge is 0.139 e. The zero-order valence-electron chi connectivity index (χ0n) is 9.27. The highest BCUT2D eigenvalue weighted by Crippen LogP contribution is 2.32. The minimum atomic E-state index is 0.214. The highest BCUT2D eigenvalue weighted by molar-refractivity contribution is 9.10. The molecule has 1 aromatic rings. The van der Waals surface area contributed by atoms with Crippen LogP contribution >= 0.6 is 15.9 Å². The summed E-state index contributed by atoms with van der Waals surface area (Å²) >= 11 is 3.38. The zero-order valence-corrected chi connectivity index (χ0v) is 10.9. The van der Waals surface area contributed by atoms with Crippen LogP contribution < -0.4 is 21.8 Å². The summed E-state index contributed by atoms with van der Waals surface area (Å²) in [5.41, 5.74) is 2.51. The largest absolute Gasteiger partial charge is 0.490 e. The van der Waals surface area contributed by atoms with Crippen LogP contribution in [0.4, 0.5) is 0 Å². The molecule has 1 aliphatic rings. The van der Waals surface area contributed by atoms with Crippen LogP contribution in [0.15, 0.2) is 33.8 Å². The van der Waals surface area contributed by atoms with E-state index in [1.54, 1.807) is 0 Å². The quantitative estimate of drug-likeness (QED) is 0.340. The van der Waals surface area contributed by atoms with Crippen molar-refractivity contribution in [2.45, 2.75) is 18.9 Å². The summed E-state index contributed by atoms with van der Waals surface area (Å²) in [7, 11) is 0. The topological polar surface area (TPSA) is 85.7 Å². The van der Waals surface area contributed by atoms with Crippen molar-refractivity contribution in [2.75, 3.05) is 0 Å². The second-order valence-corrected chi connectivity index (χ2v) is 4.94. The zero-order chi connectivity index (χ0) is 12.3. The fraction of sp³-hybridized carbons (Fsp3) is 0.364. The van der Waals surface area contributed by atoms with Gasteiger partial charge in [-0.05, 0) is 37.1 Å². The van der Waals surface area contributed by atoms with Crippen molar-refractivity contribution in [1.82, 2.24) is 5.43 Å². The van der Waals surface area contributed by atoms with Gasteiger partial charge in [-0.2, -0.15) is 5.10 Å². The Kier molecular flexibility index (Phi) is 3.86. The molecule has 1 saturated carbocycles. The van der Waals surface area contributed by atoms with Gasteiger partial charge >= 0.3 is 0 Å². The van der Waals surface area contributed by atoms with Crippen molar-refractivity contribution >= 4 is 21.8 Å². The normalized spacial score (nSPS) is 24.0. The van der Waals surface area contributed by atoms with E-state index in [0.29, 0.717) is 5.84 Å². The number of nitrogens with zero attached hydrogens (tertiary/aromatic N) is 1. The number of hydrazone groups is 1. The predicted molar refractivity (Wildman–Crippen MR) is 70.2 cm³/mol. The van der Waals surface area contributed by atoms with E-state index in [9.17, 15) is 0 Å². The highest BCUT2D eigenvalue weighted by atomic mass is 79.9. The summed E-state index contributed by atoms with van der Waals surface area (Å²) in [5, 5.41) is 3.60. The molecule has 1 aliphatic carbocycles. The van der Waals surface area contributed by atoms with Gasteiger partial charge in [0, 0.05) is 10.4 Å². The molecule has 6 heteroatoms. The molecule has 0 radical (unpaired) electrons. The van der Waals surface area contributed by atoms with Crippen molar-refractivity contribution in [2.24, 2.45) is 22.7 Å². The van der Waals surface area contributed by atoms with Gasteiger partial charge in [-0.3, -0.25) is 0 Å². The molecule has 0 unspecified atom stereocenters. The lowest BCUT2D eigenvalue weighted by Crippen LogP contribution is -2.46. The van der Waals surface area contributed by atoms with E-state index >= 15 is 0 Å². The SMILES string of the molecule is N/N=C(\NN)C1CC(Oc2ccc(Br)cc2)C1. The average molecular weight is 299 g/mol. The van der Waals surface area contributed by atoms with Gasteiger partial charge in [0.1, 0.15) is 17.7 Å². The third kappa shape index (κ3) is 2.89. The molecule has 17 heavy (non-hydrogen) atoms. The number of amidine groups is 1. The summed E-state index contributed by atoms with van der Waals surface area (Å²) in [6, 6.07) is 7.80. The van der Waals surface area contributed by atoms with Gasteiger partial charge in [-0.25, -0.2) is 5.84 Å². The first kappa shape index (κ1) is 12.2. The number of hydrazine groups is 1. The van der Waals surface area contributed by atoms with Crippen LogP contribution in [0.3, 0.4) is 0 Å². The molecule has 0 heterocycles. The minimum absolute atomic E-state index is 0.214. The fourth-order valence-corrected chi connectivity index (χ4v) is 2.12. The van der Waals surface area contributed by atoms with Crippen LogP contribution in [0, 0.1) is 5.92 Å². The van der Waals surface area contributed by atoms with Gasteiger partial charge in [0.15, 0.2) is 0 Å². The van der Waals surface area contributed by atoms with E-state index in [-0.39, 0.29) is 12.0 Å². The minimum Gasteiger partial charge on any atom is -0.490 e. The van der Waals surface area contributed by atoms with Crippen LogP contribution in [-0.4, -0.2) is 11.9 Å². The Bertz CT molecular complexity index is 400. The van der Waals surface area contributed by atoms with E-state index in [1.807, 2.05) is 24.3 Å². The second-order valence-electron chi connectivity index (χ2n) is 4.02. The summed E-state index contributed by atoms with van der Waals surface area (Å²) in [6.07, 6.45) is 1.98. The molecule has 1 fully saturated rings. The second kappa shape index (κ2) is 5.37. The lowest BCUT2D eigenvalue weighted by atomic mass is 9.81. The van der Waals surface area contributed by atoms with E-state index < -0.39 is 0 Å². The Morgan fingerprint density at radius 2 is 2.00 bits per heavy atom. The van der Waals surface area contributed by atoms with Gasteiger partial charge in [-0.1, -0.05) is 15.9 Å². The lowest BCUT2D eigenvalue weighted by molar-refractivity contribution is 0.0925. The molecule has 0 atom stereocenters. The summed E-state index contributed by atoms with van der Waals surface area (Å²) in [4.78, 5) is 0. The summed E-state index contributed by atoms with van der Waals surface area (Å²) < 4.78 is 6.83. The number of hydrogen-bond donors (Lipinski definition) is 3. The third-order valence-electron chi connectivity index (χ3n) is 2.88. The van der Waals surface area contributed by atoms with Gasteiger partial charge < -0.3 is 16.0 Å². The first-order valence-electron chi connectivity index (χ1n) is 5.39. The van der Waals surface area contributed by atoms with Gasteiger partial charge in [-0.15, -0.1) is 0 Å². The summed E-state index contributed by atoms with van der Waals surface area (Å²) in [6.45, 7) is 0. The molecule has 0 aromatic heterocycles. The maximum atomic E-state index is 5.79. The molecule has 0 spiro atoms. The number of hydrogen-bond acceptors (Lipinski definition) is 4. The maximum absolute atomic E-state index is 5.79. The Morgan fingerprint density at radius 1 is 1.35 bits per heavy atom. The Morgan fingerprint density at radius 3 is 2.53 bits per heavy atom. The number of ether oxygens (including phenoxy) is 1. The van der Waals surface area contributed by atoms with Gasteiger partial charge in [0.05, 0.1) is 0 Å². The number of rotatable bonds is 3. The Hall–Kier alpha value is -1.27. The van der Waals surface area contributed by atoms with E-state index in [1.165, 1.54) is 0 Å². The van der Waals surface area contributed by atoms with Crippen molar-refractivity contribution in [1.29, 1.82) is 0 Å². The molecule has 92 valence electrons. The van der Waals surface area contributed by atoms with Crippen LogP contribution in [-0.2, 0) is 0 Å². The predicted octanol–water partition coefficient (Wildman–Crippen LogP) is 1.34. The molecular formula is C11H15BrN4O. The van der Waals surface area contributed by atoms with Gasteiger partial charge in [0.2, 0.25) is 0 Å². The molecule has 5 nitrogen and oxygen atoms in total. The molecule has 5 N–H and O–H groups in total. The molecule has 0 bridgehead atoms. The van der Waals surface area contributed by atoms with Crippen molar-refractivity contribution in [3.8, 4) is 5.75 Å². The van der Waals surface area contributed by atoms with Crippen LogP contribution in [0.5, 0.6) is 5.75 Å². The number of halogens is 1. The standard InChI is InChI=1S/C11H15BrN4O/c12-8-1-3-9(4-2-8)17-10-5-7(6-10)11(15-13)16-14/h1-4,7,10H,5-6,13-14H2,(H,15,16). The first-order chi connectivity index (χ1) is 8.22. The number of nitrogens with two attached hydrogens (primary N) is 2. The highest BCUT2D eigenvalue weighted by Gasteiger charge is 2.34.